The Bertz CT molecular complexity index is 2690. The van der Waals surface area contributed by atoms with Crippen LogP contribution >= 0.6 is 0 Å². The van der Waals surface area contributed by atoms with Crippen LogP contribution in [0.25, 0.3) is 88.6 Å². The zero-order valence-corrected chi connectivity index (χ0v) is 25.8. The van der Waals surface area contributed by atoms with Crippen molar-refractivity contribution in [1.82, 2.24) is 25.3 Å². The fourth-order valence-electron chi connectivity index (χ4n) is 6.89. The molecule has 0 atom stereocenters. The van der Waals surface area contributed by atoms with Gasteiger partial charge in [-0.25, -0.2) is 19.9 Å². The molecular formula is C40H26N6O2. The minimum Gasteiger partial charge on any atom is -0.366 e. The third kappa shape index (κ3) is 4.16. The number of nitrogens with one attached hydrogen (secondary N) is 1. The van der Waals surface area contributed by atoms with Crippen LogP contribution < -0.4 is 11.1 Å². The molecule has 0 saturated heterocycles. The topological polar surface area (TPSA) is 124 Å². The normalized spacial score (nSPS) is 11.8. The van der Waals surface area contributed by atoms with Gasteiger partial charge in [-0.05, 0) is 54.1 Å². The van der Waals surface area contributed by atoms with Crippen molar-refractivity contribution in [3.8, 4) is 45.0 Å². The SMILES string of the molecule is CCNC(=O)c1ccc2nc3c(nc2c1)-c1cccc2cccc-3c12.NC(=O)c1ccc2nc3c(nc2c1)-c1cccc2cccc-3c12. The number of nitrogens with zero attached hydrogens (tertiary/aromatic N) is 4. The van der Waals surface area contributed by atoms with Crippen LogP contribution in [0.4, 0.5) is 0 Å². The Morgan fingerprint density at radius 2 is 0.938 bits per heavy atom. The fourth-order valence-corrected chi connectivity index (χ4v) is 6.89. The first-order valence-corrected chi connectivity index (χ1v) is 15.7. The van der Waals surface area contributed by atoms with Crippen molar-refractivity contribution in [3.63, 3.8) is 0 Å². The second kappa shape index (κ2) is 10.5. The predicted octanol–water partition coefficient (Wildman–Crippen LogP) is 7.71. The first kappa shape index (κ1) is 27.7. The molecule has 0 saturated carbocycles. The molecule has 2 aromatic heterocycles. The van der Waals surface area contributed by atoms with E-state index >= 15 is 0 Å². The number of carbonyl (C=O) groups is 2. The van der Waals surface area contributed by atoms with Crippen molar-refractivity contribution in [2.24, 2.45) is 5.73 Å². The monoisotopic (exact) mass is 622 g/mol. The largest absolute Gasteiger partial charge is 0.366 e. The van der Waals surface area contributed by atoms with Gasteiger partial charge in [-0.1, -0.05) is 72.8 Å². The standard InChI is InChI=1S/C21H15N3O.C19H11N3O/c1-2-22-21(25)13-9-10-16-17(11-13)24-20-15-8-4-6-12-5-3-7-14(18(12)15)19(20)23-16;20-19(23)11-7-8-14-15(9-11)22-18-13-6-2-4-10-3-1-5-12(16(10)13)17(18)21-14/h3-11H,2H2,1H3,(H,22,25);1-9H,(H2,20,23). The van der Waals surface area contributed by atoms with E-state index in [0.717, 1.165) is 61.6 Å². The zero-order chi connectivity index (χ0) is 32.5. The molecule has 2 aliphatic rings. The van der Waals surface area contributed by atoms with Crippen molar-refractivity contribution in [1.29, 1.82) is 0 Å². The molecular weight excluding hydrogens is 596 g/mol. The van der Waals surface area contributed by atoms with Crippen LogP contribution in [0.15, 0.2) is 109 Å². The summed E-state index contributed by atoms with van der Waals surface area (Å²) in [5.41, 5.74) is 17.4. The van der Waals surface area contributed by atoms with Gasteiger partial charge in [0.2, 0.25) is 5.91 Å². The molecule has 2 heterocycles. The molecule has 6 aromatic carbocycles. The van der Waals surface area contributed by atoms with E-state index in [-0.39, 0.29) is 5.91 Å². The quantitative estimate of drug-likeness (QED) is 0.208. The van der Waals surface area contributed by atoms with Crippen molar-refractivity contribution < 1.29 is 9.59 Å². The molecule has 0 bridgehead atoms. The second-order valence-corrected chi connectivity index (χ2v) is 11.9. The van der Waals surface area contributed by atoms with Crippen molar-refractivity contribution in [3.05, 3.63) is 120 Å². The van der Waals surface area contributed by atoms with Crippen LogP contribution in [0, 0.1) is 0 Å². The summed E-state index contributed by atoms with van der Waals surface area (Å²) in [6, 6.07) is 35.6. The maximum absolute atomic E-state index is 12.1. The first-order chi connectivity index (χ1) is 23.5. The Labute approximate surface area is 274 Å². The van der Waals surface area contributed by atoms with Gasteiger partial charge in [0.05, 0.1) is 44.8 Å². The molecule has 0 radical (unpaired) electrons. The number of rotatable bonds is 3. The van der Waals surface area contributed by atoms with Gasteiger partial charge in [0.15, 0.2) is 0 Å². The van der Waals surface area contributed by atoms with Crippen LogP contribution in [0.3, 0.4) is 0 Å². The van der Waals surface area contributed by atoms with E-state index in [0.29, 0.717) is 23.2 Å². The number of nitrogens with two attached hydrogens (primary N) is 1. The molecule has 2 aliphatic carbocycles. The summed E-state index contributed by atoms with van der Waals surface area (Å²) in [6.07, 6.45) is 0. The Kier molecular flexibility index (Phi) is 6.07. The molecule has 0 aliphatic heterocycles. The third-order valence-electron chi connectivity index (χ3n) is 9.04. The maximum atomic E-state index is 12.1. The summed E-state index contributed by atoms with van der Waals surface area (Å²) in [5.74, 6) is -0.545. The van der Waals surface area contributed by atoms with Crippen molar-refractivity contribution in [2.45, 2.75) is 6.92 Å². The van der Waals surface area contributed by atoms with Crippen LogP contribution in [-0.2, 0) is 0 Å². The van der Waals surface area contributed by atoms with Crippen molar-refractivity contribution in [2.75, 3.05) is 6.54 Å². The lowest BCUT2D eigenvalue weighted by atomic mass is 10.0. The van der Waals surface area contributed by atoms with Gasteiger partial charge in [-0.15, -0.1) is 0 Å². The van der Waals surface area contributed by atoms with Gasteiger partial charge < -0.3 is 11.1 Å². The van der Waals surface area contributed by atoms with Gasteiger partial charge in [0.25, 0.3) is 5.91 Å². The number of fused-ring (bicyclic) bond motifs is 8. The summed E-state index contributed by atoms with van der Waals surface area (Å²) < 4.78 is 0. The lowest BCUT2D eigenvalue weighted by Gasteiger charge is -2.06. The number of hydrogen-bond donors (Lipinski definition) is 2. The number of hydrogen-bond acceptors (Lipinski definition) is 6. The molecule has 0 spiro atoms. The number of aromatic nitrogens is 4. The second-order valence-electron chi connectivity index (χ2n) is 11.9. The van der Waals surface area contributed by atoms with Crippen LogP contribution in [0.5, 0.6) is 0 Å². The molecule has 0 fully saturated rings. The highest BCUT2D eigenvalue weighted by Gasteiger charge is 2.26. The summed E-state index contributed by atoms with van der Waals surface area (Å²) in [6.45, 7) is 2.51. The van der Waals surface area contributed by atoms with E-state index in [9.17, 15) is 9.59 Å². The van der Waals surface area contributed by atoms with Gasteiger partial charge in [-0.3, -0.25) is 9.59 Å². The van der Waals surface area contributed by atoms with Crippen molar-refractivity contribution >= 4 is 55.4 Å². The van der Waals surface area contributed by atoms with E-state index in [1.807, 2.05) is 37.3 Å². The first-order valence-electron chi connectivity index (χ1n) is 15.7. The van der Waals surface area contributed by atoms with Crippen LogP contribution in [-0.4, -0.2) is 38.3 Å². The van der Waals surface area contributed by atoms with E-state index in [1.165, 1.54) is 21.5 Å². The lowest BCUT2D eigenvalue weighted by molar-refractivity contribution is 0.0954. The molecule has 8 nitrogen and oxygen atoms in total. The average Bonchev–Trinajstić information content (AvgIpc) is 3.60. The fraction of sp³-hybridized carbons (Fsp3) is 0.0500. The summed E-state index contributed by atoms with van der Waals surface area (Å²) in [4.78, 5) is 42.7. The number of carbonyl (C=O) groups excluding carboxylic acids is 2. The van der Waals surface area contributed by atoms with Gasteiger partial charge in [0.1, 0.15) is 0 Å². The van der Waals surface area contributed by atoms with Gasteiger partial charge in [0, 0.05) is 50.7 Å². The zero-order valence-electron chi connectivity index (χ0n) is 25.8. The molecule has 48 heavy (non-hydrogen) atoms. The van der Waals surface area contributed by atoms with E-state index in [4.69, 9.17) is 25.7 Å². The highest BCUT2D eigenvalue weighted by Crippen LogP contribution is 2.46. The molecule has 8 heteroatoms. The Morgan fingerprint density at radius 3 is 1.35 bits per heavy atom. The molecule has 2 amide bonds. The molecule has 228 valence electrons. The minimum absolute atomic E-state index is 0.0860. The Morgan fingerprint density at radius 1 is 0.542 bits per heavy atom. The lowest BCUT2D eigenvalue weighted by Crippen LogP contribution is -2.22. The van der Waals surface area contributed by atoms with Crippen LogP contribution in [0.2, 0.25) is 0 Å². The van der Waals surface area contributed by atoms with Crippen LogP contribution in [0.1, 0.15) is 27.6 Å². The Balaban J connectivity index is 0.000000131. The third-order valence-corrected chi connectivity index (χ3v) is 9.04. The highest BCUT2D eigenvalue weighted by atomic mass is 16.2. The Hall–Kier alpha value is -6.54. The number of primary amides is 1. The highest BCUT2D eigenvalue weighted by molar-refractivity contribution is 6.15. The molecule has 10 rings (SSSR count). The van der Waals surface area contributed by atoms with Gasteiger partial charge >= 0.3 is 0 Å². The summed E-state index contributed by atoms with van der Waals surface area (Å²) in [7, 11) is 0. The number of amides is 2. The van der Waals surface area contributed by atoms with E-state index < -0.39 is 5.91 Å². The summed E-state index contributed by atoms with van der Waals surface area (Å²) in [5, 5.41) is 7.60. The summed E-state index contributed by atoms with van der Waals surface area (Å²) >= 11 is 0. The van der Waals surface area contributed by atoms with Gasteiger partial charge in [-0.2, -0.15) is 0 Å². The number of benzene rings is 6. The predicted molar refractivity (Wildman–Crippen MR) is 189 cm³/mol. The minimum atomic E-state index is -0.459. The van der Waals surface area contributed by atoms with E-state index in [2.05, 4.69) is 59.9 Å². The molecule has 8 aromatic rings. The molecule has 0 unspecified atom stereocenters. The average molecular weight is 623 g/mol. The molecule has 3 N–H and O–H groups in total. The smallest absolute Gasteiger partial charge is 0.251 e. The maximum Gasteiger partial charge on any atom is 0.251 e. The van der Waals surface area contributed by atoms with E-state index in [1.54, 1.807) is 24.3 Å².